The van der Waals surface area contributed by atoms with Crippen LogP contribution >= 0.6 is 0 Å². The summed E-state index contributed by atoms with van der Waals surface area (Å²) < 4.78 is 2.13. The van der Waals surface area contributed by atoms with Crippen LogP contribution in [0, 0.1) is 0 Å². The van der Waals surface area contributed by atoms with Crippen LogP contribution < -0.4 is 11.3 Å². The van der Waals surface area contributed by atoms with Crippen LogP contribution in [0.5, 0.6) is 0 Å². The molecule has 0 bridgehead atoms. The minimum atomic E-state index is -0.242. The molecule has 5 nitrogen and oxygen atoms in total. The van der Waals surface area contributed by atoms with Crippen LogP contribution in [0.2, 0.25) is 0 Å². The molecule has 5 heteroatoms. The maximum absolute atomic E-state index is 11.5. The second-order valence-electron chi connectivity index (χ2n) is 4.80. The Morgan fingerprint density at radius 3 is 2.70 bits per heavy atom. The van der Waals surface area contributed by atoms with Gasteiger partial charge in [0.15, 0.2) is 0 Å². The Hall–Kier alpha value is -2.14. The van der Waals surface area contributed by atoms with Crippen molar-refractivity contribution in [2.24, 2.45) is 5.84 Å². The molecule has 3 N–H and O–H groups in total. The van der Waals surface area contributed by atoms with Crippen LogP contribution in [0.15, 0.2) is 36.7 Å². The minimum absolute atomic E-state index is 0.180. The van der Waals surface area contributed by atoms with Gasteiger partial charge in [0, 0.05) is 25.4 Å². The van der Waals surface area contributed by atoms with Gasteiger partial charge in [-0.05, 0) is 18.1 Å². The van der Waals surface area contributed by atoms with Crippen LogP contribution in [0.1, 0.15) is 36.7 Å². The first-order chi connectivity index (χ1) is 9.65. The summed E-state index contributed by atoms with van der Waals surface area (Å²) >= 11 is 0. The van der Waals surface area contributed by atoms with Crippen molar-refractivity contribution in [1.29, 1.82) is 0 Å². The van der Waals surface area contributed by atoms with Crippen molar-refractivity contribution in [1.82, 2.24) is 15.0 Å². The Morgan fingerprint density at radius 1 is 1.40 bits per heavy atom. The zero-order valence-electron chi connectivity index (χ0n) is 11.8. The van der Waals surface area contributed by atoms with Crippen molar-refractivity contribution in [3.63, 3.8) is 0 Å². The van der Waals surface area contributed by atoms with Crippen molar-refractivity contribution in [3.05, 3.63) is 53.6 Å². The molecule has 1 unspecified atom stereocenters. The van der Waals surface area contributed by atoms with Gasteiger partial charge in [0.25, 0.3) is 0 Å². The van der Waals surface area contributed by atoms with Crippen molar-refractivity contribution in [3.8, 4) is 0 Å². The first-order valence-electron chi connectivity index (χ1n) is 6.75. The number of nitrogens with one attached hydrogen (secondary N) is 1. The quantitative estimate of drug-likeness (QED) is 0.493. The van der Waals surface area contributed by atoms with E-state index in [2.05, 4.69) is 21.9 Å². The van der Waals surface area contributed by atoms with Gasteiger partial charge in [0.05, 0.1) is 5.92 Å². The predicted molar refractivity (Wildman–Crippen MR) is 77.9 cm³/mol. The molecule has 0 aliphatic heterocycles. The van der Waals surface area contributed by atoms with Crippen molar-refractivity contribution in [2.45, 2.75) is 32.7 Å². The number of imidazole rings is 1. The van der Waals surface area contributed by atoms with Gasteiger partial charge in [-0.1, -0.05) is 31.2 Å². The molecule has 1 amide bonds. The highest BCUT2D eigenvalue weighted by atomic mass is 16.2. The van der Waals surface area contributed by atoms with Gasteiger partial charge in [0.1, 0.15) is 5.82 Å². The molecule has 0 radical (unpaired) electrons. The molecule has 0 aliphatic rings. The molecule has 1 atom stereocenters. The maximum Gasteiger partial charge on any atom is 0.241 e. The molecule has 0 spiro atoms. The summed E-state index contributed by atoms with van der Waals surface area (Å²) in [6.45, 7) is 4.72. The third-order valence-corrected chi connectivity index (χ3v) is 3.49. The standard InChI is InChI=1S/C15H20N4O/c1-3-14-17-8-9-19(14)10-12-4-6-13(7-5-12)11(2)15(20)18-16/h4-9,11H,3,10,16H2,1-2H3,(H,18,20). The van der Waals surface area contributed by atoms with Gasteiger partial charge in [-0.3, -0.25) is 10.2 Å². The molecule has 106 valence electrons. The Bertz CT molecular complexity index is 574. The zero-order chi connectivity index (χ0) is 14.5. The van der Waals surface area contributed by atoms with E-state index in [4.69, 9.17) is 5.84 Å². The number of aromatic nitrogens is 2. The van der Waals surface area contributed by atoms with Gasteiger partial charge >= 0.3 is 0 Å². The number of nitrogens with zero attached hydrogens (tertiary/aromatic N) is 2. The molecule has 0 saturated heterocycles. The molecule has 2 rings (SSSR count). The first kappa shape index (κ1) is 14.3. The van der Waals surface area contributed by atoms with Gasteiger partial charge in [-0.15, -0.1) is 0 Å². The van der Waals surface area contributed by atoms with Crippen LogP contribution in [0.3, 0.4) is 0 Å². The fourth-order valence-corrected chi connectivity index (χ4v) is 2.18. The number of nitrogens with two attached hydrogens (primary N) is 1. The molecule has 0 aliphatic carbocycles. The number of hydrogen-bond acceptors (Lipinski definition) is 3. The van der Waals surface area contributed by atoms with Gasteiger partial charge in [-0.2, -0.15) is 0 Å². The summed E-state index contributed by atoms with van der Waals surface area (Å²) in [5.41, 5.74) is 4.32. The van der Waals surface area contributed by atoms with E-state index in [0.29, 0.717) is 0 Å². The largest absolute Gasteiger partial charge is 0.331 e. The van der Waals surface area contributed by atoms with E-state index in [1.54, 1.807) is 0 Å². The molecule has 0 saturated carbocycles. The van der Waals surface area contributed by atoms with E-state index < -0.39 is 0 Å². The number of amides is 1. The van der Waals surface area contributed by atoms with E-state index in [9.17, 15) is 4.79 Å². The fraction of sp³-hybridized carbons (Fsp3) is 0.333. The highest BCUT2D eigenvalue weighted by Crippen LogP contribution is 2.16. The first-order valence-corrected chi connectivity index (χ1v) is 6.75. The average Bonchev–Trinajstić information content (AvgIpc) is 2.93. The van der Waals surface area contributed by atoms with Crippen molar-refractivity contribution in [2.75, 3.05) is 0 Å². The van der Waals surface area contributed by atoms with Gasteiger partial charge in [-0.25, -0.2) is 10.8 Å². The third kappa shape index (κ3) is 3.05. The monoisotopic (exact) mass is 272 g/mol. The molecular weight excluding hydrogens is 252 g/mol. The molecule has 1 aromatic heterocycles. The predicted octanol–water partition coefficient (Wildman–Crippen LogP) is 1.59. The number of hydrogen-bond donors (Lipinski definition) is 2. The number of rotatable bonds is 5. The van der Waals surface area contributed by atoms with E-state index >= 15 is 0 Å². The van der Waals surface area contributed by atoms with Gasteiger partial charge in [0.2, 0.25) is 5.91 Å². The van der Waals surface area contributed by atoms with Crippen LogP contribution in [0.25, 0.3) is 0 Å². The molecular formula is C15H20N4O. The normalized spacial score (nSPS) is 12.2. The van der Waals surface area contributed by atoms with Gasteiger partial charge < -0.3 is 4.57 Å². The van der Waals surface area contributed by atoms with E-state index in [1.807, 2.05) is 43.6 Å². The summed E-state index contributed by atoms with van der Waals surface area (Å²) in [5.74, 6) is 5.80. The summed E-state index contributed by atoms with van der Waals surface area (Å²) in [5, 5.41) is 0. The zero-order valence-corrected chi connectivity index (χ0v) is 11.8. The summed E-state index contributed by atoms with van der Waals surface area (Å²) in [7, 11) is 0. The lowest BCUT2D eigenvalue weighted by Gasteiger charge is -2.11. The number of benzene rings is 1. The number of hydrazine groups is 1. The number of aryl methyl sites for hydroxylation is 1. The summed E-state index contributed by atoms with van der Waals surface area (Å²) in [6.07, 6.45) is 4.72. The molecule has 20 heavy (non-hydrogen) atoms. The Kier molecular flexibility index (Phi) is 4.53. The lowest BCUT2D eigenvalue weighted by atomic mass is 9.99. The highest BCUT2D eigenvalue weighted by Gasteiger charge is 2.13. The number of carbonyl (C=O) groups excluding carboxylic acids is 1. The topological polar surface area (TPSA) is 72.9 Å². The smallest absolute Gasteiger partial charge is 0.241 e. The van der Waals surface area contributed by atoms with Crippen molar-refractivity contribution >= 4 is 5.91 Å². The van der Waals surface area contributed by atoms with Crippen LogP contribution in [-0.2, 0) is 17.8 Å². The summed E-state index contributed by atoms with van der Waals surface area (Å²) in [6, 6.07) is 8.01. The van der Waals surface area contributed by atoms with E-state index in [1.165, 1.54) is 5.56 Å². The van der Waals surface area contributed by atoms with Crippen LogP contribution in [0.4, 0.5) is 0 Å². The number of carbonyl (C=O) groups is 1. The van der Waals surface area contributed by atoms with E-state index in [0.717, 1.165) is 24.4 Å². The molecule has 1 aromatic carbocycles. The highest BCUT2D eigenvalue weighted by molar-refractivity contribution is 5.82. The van der Waals surface area contributed by atoms with E-state index in [-0.39, 0.29) is 11.8 Å². The molecule has 1 heterocycles. The average molecular weight is 272 g/mol. The second-order valence-corrected chi connectivity index (χ2v) is 4.80. The van der Waals surface area contributed by atoms with Crippen molar-refractivity contribution < 1.29 is 4.79 Å². The molecule has 0 fully saturated rings. The van der Waals surface area contributed by atoms with Crippen LogP contribution in [-0.4, -0.2) is 15.5 Å². The Balaban J connectivity index is 2.10. The fourth-order valence-electron chi connectivity index (χ4n) is 2.18. The SMILES string of the molecule is CCc1nccn1Cc1ccc(C(C)C(=O)NN)cc1. The Morgan fingerprint density at radius 2 is 2.10 bits per heavy atom. The maximum atomic E-state index is 11.5. The second kappa shape index (κ2) is 6.34. The Labute approximate surface area is 118 Å². The third-order valence-electron chi connectivity index (χ3n) is 3.49. The molecule has 2 aromatic rings. The summed E-state index contributed by atoms with van der Waals surface area (Å²) in [4.78, 5) is 15.8. The lowest BCUT2D eigenvalue weighted by Crippen LogP contribution is -2.33. The minimum Gasteiger partial charge on any atom is -0.331 e. The lowest BCUT2D eigenvalue weighted by molar-refractivity contribution is -0.122.